The van der Waals surface area contributed by atoms with Crippen molar-refractivity contribution in [3.63, 3.8) is 0 Å². The molecule has 10 heteroatoms. The molecule has 1 amide bonds. The summed E-state index contributed by atoms with van der Waals surface area (Å²) in [5, 5.41) is 2.51. The van der Waals surface area contributed by atoms with E-state index in [1.54, 1.807) is 48.5 Å². The second-order valence-corrected chi connectivity index (χ2v) is 7.13. The second-order valence-electron chi connectivity index (χ2n) is 6.19. The van der Waals surface area contributed by atoms with Crippen LogP contribution in [0.5, 0.6) is 11.5 Å². The van der Waals surface area contributed by atoms with Gasteiger partial charge in [-0.25, -0.2) is 9.97 Å². The Morgan fingerprint density at radius 2 is 1.71 bits per heavy atom. The number of anilines is 1. The Hall–Kier alpha value is -3.27. The molecule has 1 N–H and O–H groups in total. The highest BCUT2D eigenvalue weighted by Gasteiger charge is 2.34. The highest BCUT2D eigenvalue weighted by atomic mass is 32.2. The first kappa shape index (κ1) is 22.4. The van der Waals surface area contributed by atoms with E-state index in [0.29, 0.717) is 22.7 Å². The van der Waals surface area contributed by atoms with Gasteiger partial charge in [-0.3, -0.25) is 4.79 Å². The molecule has 0 spiro atoms. The van der Waals surface area contributed by atoms with Crippen molar-refractivity contribution in [2.45, 2.75) is 11.3 Å². The third-order valence-electron chi connectivity index (χ3n) is 4.07. The third-order valence-corrected chi connectivity index (χ3v) is 4.91. The van der Waals surface area contributed by atoms with Gasteiger partial charge in [0.05, 0.1) is 25.7 Å². The monoisotopic (exact) mass is 449 g/mol. The normalized spacial score (nSPS) is 11.1. The number of nitrogens with one attached hydrogen (secondary N) is 1. The molecule has 0 aliphatic heterocycles. The van der Waals surface area contributed by atoms with E-state index in [4.69, 9.17) is 9.47 Å². The van der Waals surface area contributed by atoms with Gasteiger partial charge in [0.25, 0.3) is 0 Å². The number of carbonyl (C=O) groups excluding carboxylic acids is 1. The Morgan fingerprint density at radius 1 is 1.00 bits per heavy atom. The number of benzene rings is 2. The van der Waals surface area contributed by atoms with Gasteiger partial charge in [-0.05, 0) is 18.2 Å². The van der Waals surface area contributed by atoms with Crippen molar-refractivity contribution < 1.29 is 27.4 Å². The maximum absolute atomic E-state index is 13.3. The molecule has 6 nitrogen and oxygen atoms in total. The first-order valence-electron chi connectivity index (χ1n) is 8.96. The summed E-state index contributed by atoms with van der Waals surface area (Å²) in [4.78, 5) is 20.0. The second kappa shape index (κ2) is 9.69. The number of nitrogens with zero attached hydrogens (tertiary/aromatic N) is 2. The van der Waals surface area contributed by atoms with Crippen LogP contribution in [0.2, 0.25) is 0 Å². The van der Waals surface area contributed by atoms with Crippen LogP contribution in [0, 0.1) is 0 Å². The van der Waals surface area contributed by atoms with E-state index in [1.807, 2.05) is 0 Å². The van der Waals surface area contributed by atoms with Crippen molar-refractivity contribution in [2.24, 2.45) is 0 Å². The van der Waals surface area contributed by atoms with Gasteiger partial charge in [-0.1, -0.05) is 42.1 Å². The fraction of sp³-hybridized carbons (Fsp3) is 0.190. The lowest BCUT2D eigenvalue weighted by molar-refractivity contribution is -0.141. The maximum atomic E-state index is 13.3. The molecule has 0 unspecified atom stereocenters. The number of amides is 1. The molecule has 1 aromatic heterocycles. The molecule has 0 radical (unpaired) electrons. The molecular weight excluding hydrogens is 431 g/mol. The van der Waals surface area contributed by atoms with Gasteiger partial charge < -0.3 is 14.8 Å². The highest BCUT2D eigenvalue weighted by molar-refractivity contribution is 7.99. The number of alkyl halides is 3. The van der Waals surface area contributed by atoms with Gasteiger partial charge in [0.2, 0.25) is 5.91 Å². The van der Waals surface area contributed by atoms with Crippen LogP contribution >= 0.6 is 11.8 Å². The summed E-state index contributed by atoms with van der Waals surface area (Å²) in [6.45, 7) is 0. The minimum Gasteiger partial charge on any atom is -0.493 e. The average Bonchev–Trinajstić information content (AvgIpc) is 2.77. The molecule has 0 bridgehead atoms. The first-order chi connectivity index (χ1) is 14.8. The molecule has 0 fully saturated rings. The Kier molecular flexibility index (Phi) is 7.01. The third kappa shape index (κ3) is 5.88. The number of thioether (sulfide) groups is 1. The fourth-order valence-corrected chi connectivity index (χ4v) is 3.29. The van der Waals surface area contributed by atoms with Gasteiger partial charge in [0, 0.05) is 17.3 Å². The Balaban J connectivity index is 1.75. The lowest BCUT2D eigenvalue weighted by atomic mass is 10.1. The number of ether oxygens (including phenoxy) is 2. The van der Waals surface area contributed by atoms with E-state index in [0.717, 1.165) is 17.8 Å². The molecule has 2 aromatic carbocycles. The van der Waals surface area contributed by atoms with E-state index in [2.05, 4.69) is 15.3 Å². The van der Waals surface area contributed by atoms with Crippen LogP contribution in [0.15, 0.2) is 59.8 Å². The largest absolute Gasteiger partial charge is 0.493 e. The van der Waals surface area contributed by atoms with Gasteiger partial charge in [-0.15, -0.1) is 0 Å². The van der Waals surface area contributed by atoms with Crippen molar-refractivity contribution in [2.75, 3.05) is 25.3 Å². The Labute approximate surface area is 180 Å². The van der Waals surface area contributed by atoms with E-state index >= 15 is 0 Å². The SMILES string of the molecule is COc1ccc(NC(=O)CSc2nc(-c3ccccc3)cc(C(F)(F)F)n2)cc1OC. The van der Waals surface area contributed by atoms with Crippen molar-refractivity contribution in [1.29, 1.82) is 0 Å². The summed E-state index contributed by atoms with van der Waals surface area (Å²) >= 11 is 0.814. The van der Waals surface area contributed by atoms with E-state index in [-0.39, 0.29) is 16.6 Å². The molecule has 3 rings (SSSR count). The zero-order valence-electron chi connectivity index (χ0n) is 16.6. The first-order valence-corrected chi connectivity index (χ1v) is 9.95. The summed E-state index contributed by atoms with van der Waals surface area (Å²) in [6.07, 6.45) is -4.64. The van der Waals surface area contributed by atoms with Crippen LogP contribution in [0.1, 0.15) is 5.69 Å². The van der Waals surface area contributed by atoms with Gasteiger partial charge in [0.1, 0.15) is 5.69 Å². The predicted molar refractivity (Wildman–Crippen MR) is 111 cm³/mol. The average molecular weight is 449 g/mol. The minimum absolute atomic E-state index is 0.130. The van der Waals surface area contributed by atoms with Crippen molar-refractivity contribution in [1.82, 2.24) is 9.97 Å². The van der Waals surface area contributed by atoms with E-state index < -0.39 is 17.8 Å². The predicted octanol–water partition coefficient (Wildman–Crippen LogP) is 4.91. The summed E-state index contributed by atoms with van der Waals surface area (Å²) in [7, 11) is 2.96. The van der Waals surface area contributed by atoms with Crippen LogP contribution in [0.3, 0.4) is 0 Å². The molecule has 0 saturated carbocycles. The molecule has 0 aliphatic rings. The number of methoxy groups -OCH3 is 2. The summed E-state index contributed by atoms with van der Waals surface area (Å²) in [5.41, 5.74) is 0.0418. The number of hydrogen-bond donors (Lipinski definition) is 1. The minimum atomic E-state index is -4.64. The smallest absolute Gasteiger partial charge is 0.433 e. The summed E-state index contributed by atoms with van der Waals surface area (Å²) < 4.78 is 50.2. The summed E-state index contributed by atoms with van der Waals surface area (Å²) in [5.74, 6) is 0.325. The quantitative estimate of drug-likeness (QED) is 0.408. The van der Waals surface area contributed by atoms with Gasteiger partial charge in [0.15, 0.2) is 16.7 Å². The molecule has 3 aromatic rings. The van der Waals surface area contributed by atoms with E-state index in [1.165, 1.54) is 14.2 Å². The van der Waals surface area contributed by atoms with Crippen LogP contribution < -0.4 is 14.8 Å². The standard InChI is InChI=1S/C21H18F3N3O3S/c1-29-16-9-8-14(10-17(16)30-2)25-19(28)12-31-20-26-15(13-6-4-3-5-7-13)11-18(27-20)21(22,23)24/h3-11H,12H2,1-2H3,(H,25,28). The fourth-order valence-electron chi connectivity index (χ4n) is 2.63. The molecular formula is C21H18F3N3O3S. The lowest BCUT2D eigenvalue weighted by Crippen LogP contribution is -2.15. The van der Waals surface area contributed by atoms with Crippen LogP contribution in [-0.4, -0.2) is 35.8 Å². The van der Waals surface area contributed by atoms with Crippen molar-refractivity contribution in [3.8, 4) is 22.8 Å². The Bertz CT molecular complexity index is 1060. The van der Waals surface area contributed by atoms with Crippen molar-refractivity contribution in [3.05, 3.63) is 60.3 Å². The molecule has 31 heavy (non-hydrogen) atoms. The zero-order chi connectivity index (χ0) is 22.4. The topological polar surface area (TPSA) is 73.3 Å². The van der Waals surface area contributed by atoms with Crippen LogP contribution in [-0.2, 0) is 11.0 Å². The highest BCUT2D eigenvalue weighted by Crippen LogP contribution is 2.32. The molecule has 162 valence electrons. The number of rotatable bonds is 7. The molecule has 0 atom stereocenters. The van der Waals surface area contributed by atoms with Gasteiger partial charge in [-0.2, -0.15) is 13.2 Å². The molecule has 0 saturated heterocycles. The summed E-state index contributed by atoms with van der Waals surface area (Å²) in [6, 6.07) is 14.2. The number of carbonyl (C=O) groups is 1. The van der Waals surface area contributed by atoms with E-state index in [9.17, 15) is 18.0 Å². The Morgan fingerprint density at radius 3 is 2.35 bits per heavy atom. The van der Waals surface area contributed by atoms with Crippen molar-refractivity contribution >= 4 is 23.4 Å². The number of hydrogen-bond acceptors (Lipinski definition) is 6. The number of aromatic nitrogens is 2. The van der Waals surface area contributed by atoms with Crippen LogP contribution in [0.25, 0.3) is 11.3 Å². The number of halogens is 3. The van der Waals surface area contributed by atoms with Crippen LogP contribution in [0.4, 0.5) is 18.9 Å². The zero-order valence-corrected chi connectivity index (χ0v) is 17.4. The van der Waals surface area contributed by atoms with Gasteiger partial charge >= 0.3 is 6.18 Å². The molecule has 0 aliphatic carbocycles. The maximum Gasteiger partial charge on any atom is 0.433 e. The molecule has 1 heterocycles. The lowest BCUT2D eigenvalue weighted by Gasteiger charge is -2.11.